The van der Waals surface area contributed by atoms with E-state index in [-0.39, 0.29) is 17.2 Å². The van der Waals surface area contributed by atoms with Gasteiger partial charge in [0.25, 0.3) is 0 Å². The lowest BCUT2D eigenvalue weighted by molar-refractivity contribution is 0.432. The van der Waals surface area contributed by atoms with Gasteiger partial charge in [-0.3, -0.25) is 0 Å². The molecule has 3 aromatic carbocycles. The standard InChI is InChI=1S/C18H13BO5/c20-12-3-1-10-2-4-18-16(15(10)8-12)9-17(19(23)24-18)11-5-13(21)7-14(22)6-11/h1-9,20-23H. The van der Waals surface area contributed by atoms with Crippen LogP contribution < -0.4 is 4.65 Å². The molecule has 0 radical (unpaired) electrons. The molecule has 0 amide bonds. The first-order valence-electron chi connectivity index (χ1n) is 7.37. The normalized spacial score (nSPS) is 13.4. The second-order valence-electron chi connectivity index (χ2n) is 5.69. The van der Waals surface area contributed by atoms with Gasteiger partial charge in [0.1, 0.15) is 23.0 Å². The molecular formula is C18H13BO5. The number of hydrogen-bond acceptors (Lipinski definition) is 5. The topological polar surface area (TPSA) is 90.2 Å². The van der Waals surface area contributed by atoms with Gasteiger partial charge in [-0.15, -0.1) is 0 Å². The quantitative estimate of drug-likeness (QED) is 0.518. The zero-order chi connectivity index (χ0) is 16.8. The minimum atomic E-state index is -1.23. The number of phenolic OH excluding ortho intramolecular Hbond substituents is 3. The van der Waals surface area contributed by atoms with Crippen LogP contribution in [0, 0.1) is 0 Å². The lowest BCUT2D eigenvalue weighted by Gasteiger charge is -2.22. The average molecular weight is 320 g/mol. The van der Waals surface area contributed by atoms with Crippen molar-refractivity contribution in [3.63, 3.8) is 0 Å². The maximum Gasteiger partial charge on any atom is 0.560 e. The van der Waals surface area contributed by atoms with Gasteiger partial charge in [-0.1, -0.05) is 12.1 Å². The van der Waals surface area contributed by atoms with Gasteiger partial charge >= 0.3 is 7.12 Å². The summed E-state index contributed by atoms with van der Waals surface area (Å²) in [6.45, 7) is 0. The number of aromatic hydroxyl groups is 3. The van der Waals surface area contributed by atoms with Crippen LogP contribution >= 0.6 is 0 Å². The van der Waals surface area contributed by atoms with Gasteiger partial charge in [0.2, 0.25) is 0 Å². The average Bonchev–Trinajstić information content (AvgIpc) is 2.53. The first-order chi connectivity index (χ1) is 11.5. The van der Waals surface area contributed by atoms with Crippen molar-refractivity contribution < 1.29 is 25.0 Å². The summed E-state index contributed by atoms with van der Waals surface area (Å²) < 4.78 is 5.57. The molecular weight excluding hydrogens is 307 g/mol. The Kier molecular flexibility index (Phi) is 3.14. The predicted octanol–water partition coefficient (Wildman–Crippen LogP) is 2.91. The van der Waals surface area contributed by atoms with E-state index < -0.39 is 7.12 Å². The van der Waals surface area contributed by atoms with Crippen LogP contribution in [-0.4, -0.2) is 27.5 Å². The van der Waals surface area contributed by atoms with E-state index in [9.17, 15) is 20.3 Å². The molecule has 0 atom stereocenters. The van der Waals surface area contributed by atoms with Gasteiger partial charge in [0.05, 0.1) is 0 Å². The molecule has 4 rings (SSSR count). The lowest BCUT2D eigenvalue weighted by atomic mass is 9.71. The first kappa shape index (κ1) is 14.5. The van der Waals surface area contributed by atoms with E-state index in [1.807, 2.05) is 6.07 Å². The van der Waals surface area contributed by atoms with Gasteiger partial charge < -0.3 is 25.0 Å². The molecule has 1 heterocycles. The molecule has 0 fully saturated rings. The van der Waals surface area contributed by atoms with Gasteiger partial charge in [-0.05, 0) is 52.7 Å². The van der Waals surface area contributed by atoms with Crippen molar-refractivity contribution in [2.45, 2.75) is 0 Å². The molecule has 0 spiro atoms. The highest BCUT2D eigenvalue weighted by Crippen LogP contribution is 2.39. The maximum absolute atomic E-state index is 10.3. The van der Waals surface area contributed by atoms with E-state index in [4.69, 9.17) is 4.65 Å². The van der Waals surface area contributed by atoms with E-state index in [0.717, 1.165) is 10.8 Å². The highest BCUT2D eigenvalue weighted by atomic mass is 16.5. The van der Waals surface area contributed by atoms with Gasteiger partial charge in [-0.2, -0.15) is 0 Å². The van der Waals surface area contributed by atoms with Crippen molar-refractivity contribution in [1.82, 2.24) is 0 Å². The molecule has 1 aliphatic heterocycles. The Morgan fingerprint density at radius 2 is 1.50 bits per heavy atom. The zero-order valence-electron chi connectivity index (χ0n) is 12.5. The van der Waals surface area contributed by atoms with Crippen molar-refractivity contribution in [1.29, 1.82) is 0 Å². The predicted molar refractivity (Wildman–Crippen MR) is 91.9 cm³/mol. The van der Waals surface area contributed by atoms with E-state index >= 15 is 0 Å². The molecule has 6 heteroatoms. The molecule has 0 aliphatic carbocycles. The van der Waals surface area contributed by atoms with Gasteiger partial charge in [0, 0.05) is 17.1 Å². The van der Waals surface area contributed by atoms with Crippen molar-refractivity contribution in [3.8, 4) is 23.0 Å². The molecule has 4 N–H and O–H groups in total. The Morgan fingerprint density at radius 1 is 0.792 bits per heavy atom. The Balaban J connectivity index is 1.96. The Morgan fingerprint density at radius 3 is 2.25 bits per heavy atom. The SMILES string of the molecule is OB1Oc2ccc3ccc(O)cc3c2C=C1c1cc(O)cc(O)c1. The summed E-state index contributed by atoms with van der Waals surface area (Å²) in [6, 6.07) is 12.7. The molecule has 118 valence electrons. The molecule has 1 aliphatic rings. The van der Waals surface area contributed by atoms with Crippen LogP contribution in [0.1, 0.15) is 11.1 Å². The number of phenols is 3. The summed E-state index contributed by atoms with van der Waals surface area (Å²) in [6.07, 6.45) is 1.74. The van der Waals surface area contributed by atoms with Crippen LogP contribution in [-0.2, 0) is 0 Å². The van der Waals surface area contributed by atoms with Crippen LogP contribution in [0.5, 0.6) is 23.0 Å². The molecule has 0 saturated heterocycles. The molecule has 5 nitrogen and oxygen atoms in total. The van der Waals surface area contributed by atoms with Crippen LogP contribution in [0.4, 0.5) is 0 Å². The smallest absolute Gasteiger partial charge is 0.532 e. The fraction of sp³-hybridized carbons (Fsp3) is 0. The lowest BCUT2D eigenvalue weighted by Crippen LogP contribution is -2.27. The number of fused-ring (bicyclic) bond motifs is 3. The van der Waals surface area contributed by atoms with E-state index in [0.29, 0.717) is 22.3 Å². The molecule has 24 heavy (non-hydrogen) atoms. The maximum atomic E-state index is 10.3. The monoisotopic (exact) mass is 320 g/mol. The fourth-order valence-electron chi connectivity index (χ4n) is 2.96. The molecule has 0 aromatic heterocycles. The van der Waals surface area contributed by atoms with Crippen molar-refractivity contribution in [2.75, 3.05) is 0 Å². The summed E-state index contributed by atoms with van der Waals surface area (Å²) in [5, 5.41) is 41.1. The van der Waals surface area contributed by atoms with E-state index in [1.54, 1.807) is 30.3 Å². The largest absolute Gasteiger partial charge is 0.560 e. The third-order valence-electron chi connectivity index (χ3n) is 4.05. The number of benzene rings is 3. The van der Waals surface area contributed by atoms with Crippen LogP contribution in [0.15, 0.2) is 48.5 Å². The number of rotatable bonds is 1. The summed E-state index contributed by atoms with van der Waals surface area (Å²) in [4.78, 5) is 0. The summed E-state index contributed by atoms with van der Waals surface area (Å²) in [5.41, 5.74) is 1.57. The Labute approximate surface area is 137 Å². The molecule has 0 saturated carbocycles. The van der Waals surface area contributed by atoms with Gasteiger partial charge in [-0.25, -0.2) is 0 Å². The summed E-state index contributed by atoms with van der Waals surface area (Å²) >= 11 is 0. The number of hydrogen-bond donors (Lipinski definition) is 4. The Bertz CT molecular complexity index is 976. The second kappa shape index (κ2) is 5.21. The first-order valence-corrected chi connectivity index (χ1v) is 7.37. The van der Waals surface area contributed by atoms with E-state index in [1.165, 1.54) is 18.2 Å². The summed E-state index contributed by atoms with van der Waals surface area (Å²) in [5.74, 6) is 0.402. The zero-order valence-corrected chi connectivity index (χ0v) is 12.5. The van der Waals surface area contributed by atoms with E-state index in [2.05, 4.69) is 0 Å². The van der Waals surface area contributed by atoms with Gasteiger partial charge in [0.15, 0.2) is 0 Å². The van der Waals surface area contributed by atoms with Crippen LogP contribution in [0.3, 0.4) is 0 Å². The second-order valence-corrected chi connectivity index (χ2v) is 5.69. The Hall–Kier alpha value is -3.12. The summed E-state index contributed by atoms with van der Waals surface area (Å²) in [7, 11) is -1.23. The third-order valence-corrected chi connectivity index (χ3v) is 4.05. The van der Waals surface area contributed by atoms with Crippen molar-refractivity contribution >= 4 is 29.4 Å². The van der Waals surface area contributed by atoms with Crippen molar-refractivity contribution in [3.05, 3.63) is 59.7 Å². The minimum absolute atomic E-state index is 0.112. The highest BCUT2D eigenvalue weighted by Gasteiger charge is 2.30. The molecule has 0 unspecified atom stereocenters. The molecule has 3 aromatic rings. The fourth-order valence-corrected chi connectivity index (χ4v) is 2.96. The van der Waals surface area contributed by atoms with Crippen molar-refractivity contribution in [2.24, 2.45) is 0 Å². The third kappa shape index (κ3) is 2.33. The molecule has 0 bridgehead atoms. The van der Waals surface area contributed by atoms with Crippen LogP contribution in [0.2, 0.25) is 0 Å². The minimum Gasteiger partial charge on any atom is -0.532 e. The highest BCUT2D eigenvalue weighted by molar-refractivity contribution is 6.70. The van der Waals surface area contributed by atoms with Crippen LogP contribution in [0.25, 0.3) is 22.3 Å².